The van der Waals surface area contributed by atoms with E-state index in [1.165, 1.54) is 5.56 Å². The minimum atomic E-state index is 0.734. The monoisotopic (exact) mass is 218 g/mol. The summed E-state index contributed by atoms with van der Waals surface area (Å²) in [4.78, 5) is 6.59. The van der Waals surface area contributed by atoms with Crippen LogP contribution in [0.15, 0.2) is 22.6 Å². The van der Waals surface area contributed by atoms with Gasteiger partial charge in [-0.25, -0.2) is 4.98 Å². The Morgan fingerprint density at radius 1 is 1.38 bits per heavy atom. The van der Waals surface area contributed by atoms with Crippen molar-refractivity contribution in [2.75, 3.05) is 20.1 Å². The lowest BCUT2D eigenvalue weighted by Gasteiger charge is -2.12. The Hall–Kier alpha value is -1.35. The van der Waals surface area contributed by atoms with Gasteiger partial charge in [0.2, 0.25) is 0 Å². The lowest BCUT2D eigenvalue weighted by molar-refractivity contribution is 0.357. The number of aromatic nitrogens is 1. The van der Waals surface area contributed by atoms with Gasteiger partial charge in [-0.1, -0.05) is 13.0 Å². The predicted octanol–water partition coefficient (Wildman–Crippen LogP) is 2.63. The molecule has 0 N–H and O–H groups in total. The maximum Gasteiger partial charge on any atom is 0.192 e. The third-order valence-corrected chi connectivity index (χ3v) is 2.88. The summed E-state index contributed by atoms with van der Waals surface area (Å²) < 4.78 is 5.52. The summed E-state index contributed by atoms with van der Waals surface area (Å²) in [7, 11) is 2.14. The first-order valence-electron chi connectivity index (χ1n) is 5.73. The maximum atomic E-state index is 5.52. The summed E-state index contributed by atoms with van der Waals surface area (Å²) in [5.41, 5.74) is 3.16. The van der Waals surface area contributed by atoms with E-state index in [4.69, 9.17) is 4.42 Å². The van der Waals surface area contributed by atoms with Crippen molar-refractivity contribution in [1.29, 1.82) is 0 Å². The third-order valence-electron chi connectivity index (χ3n) is 2.88. The summed E-state index contributed by atoms with van der Waals surface area (Å²) in [6.07, 6.45) is 1.06. The molecular weight excluding hydrogens is 200 g/mol. The zero-order valence-electron chi connectivity index (χ0n) is 10.2. The second-order valence-corrected chi connectivity index (χ2v) is 4.18. The standard InChI is InChI=1S/C13H18N2O/c1-4-15(3)8-7-11-5-6-12-13(9-11)16-10(2)14-12/h5-6,9H,4,7-8H2,1-3H3. The van der Waals surface area contributed by atoms with Crippen LogP contribution in [-0.4, -0.2) is 30.0 Å². The number of oxazole rings is 1. The molecule has 0 spiro atoms. The highest BCUT2D eigenvalue weighted by molar-refractivity contribution is 5.73. The van der Waals surface area contributed by atoms with Gasteiger partial charge in [-0.3, -0.25) is 0 Å². The number of hydrogen-bond acceptors (Lipinski definition) is 3. The van der Waals surface area contributed by atoms with Crippen molar-refractivity contribution in [3.63, 3.8) is 0 Å². The molecule has 2 rings (SSSR count). The third kappa shape index (κ3) is 2.42. The number of fused-ring (bicyclic) bond motifs is 1. The lowest BCUT2D eigenvalue weighted by Crippen LogP contribution is -2.20. The lowest BCUT2D eigenvalue weighted by atomic mass is 10.1. The van der Waals surface area contributed by atoms with Crippen LogP contribution in [0.1, 0.15) is 18.4 Å². The van der Waals surface area contributed by atoms with E-state index in [9.17, 15) is 0 Å². The zero-order valence-corrected chi connectivity index (χ0v) is 10.2. The van der Waals surface area contributed by atoms with E-state index in [-0.39, 0.29) is 0 Å². The molecule has 1 aromatic carbocycles. The number of benzene rings is 1. The fourth-order valence-electron chi connectivity index (χ4n) is 1.72. The van der Waals surface area contributed by atoms with Crippen LogP contribution in [0.25, 0.3) is 11.1 Å². The Balaban J connectivity index is 2.13. The van der Waals surface area contributed by atoms with Gasteiger partial charge in [0.1, 0.15) is 5.52 Å². The van der Waals surface area contributed by atoms with Crippen LogP contribution in [0.5, 0.6) is 0 Å². The predicted molar refractivity (Wildman–Crippen MR) is 65.6 cm³/mol. The Bertz CT molecular complexity index is 476. The van der Waals surface area contributed by atoms with Crippen LogP contribution in [0, 0.1) is 6.92 Å². The molecule has 0 fully saturated rings. The van der Waals surface area contributed by atoms with Crippen molar-refractivity contribution in [3.05, 3.63) is 29.7 Å². The normalized spacial score (nSPS) is 11.5. The second-order valence-electron chi connectivity index (χ2n) is 4.18. The number of rotatable bonds is 4. The van der Waals surface area contributed by atoms with E-state index in [1.807, 2.05) is 13.0 Å². The van der Waals surface area contributed by atoms with Crippen LogP contribution >= 0.6 is 0 Å². The van der Waals surface area contributed by atoms with E-state index in [1.54, 1.807) is 0 Å². The van der Waals surface area contributed by atoms with Gasteiger partial charge in [0.25, 0.3) is 0 Å². The van der Waals surface area contributed by atoms with Crippen LogP contribution < -0.4 is 0 Å². The van der Waals surface area contributed by atoms with Crippen LogP contribution in [0.4, 0.5) is 0 Å². The van der Waals surface area contributed by atoms with Gasteiger partial charge in [-0.15, -0.1) is 0 Å². The zero-order chi connectivity index (χ0) is 11.5. The topological polar surface area (TPSA) is 29.3 Å². The molecule has 2 aromatic rings. The van der Waals surface area contributed by atoms with Gasteiger partial charge in [0, 0.05) is 13.5 Å². The Morgan fingerprint density at radius 2 is 2.19 bits per heavy atom. The molecule has 86 valence electrons. The van der Waals surface area contributed by atoms with Gasteiger partial charge < -0.3 is 9.32 Å². The quantitative estimate of drug-likeness (QED) is 0.790. The summed E-state index contributed by atoms with van der Waals surface area (Å²) >= 11 is 0. The SMILES string of the molecule is CCN(C)CCc1ccc2nc(C)oc2c1. The molecule has 1 aromatic heterocycles. The number of nitrogens with zero attached hydrogens (tertiary/aromatic N) is 2. The first-order chi connectivity index (χ1) is 7.69. The molecule has 1 heterocycles. The number of hydrogen-bond donors (Lipinski definition) is 0. The molecule has 0 radical (unpaired) electrons. The molecule has 16 heavy (non-hydrogen) atoms. The minimum absolute atomic E-state index is 0.734. The molecule has 0 unspecified atom stereocenters. The average molecular weight is 218 g/mol. The largest absolute Gasteiger partial charge is 0.441 e. The molecule has 0 atom stereocenters. The highest BCUT2D eigenvalue weighted by Crippen LogP contribution is 2.17. The summed E-state index contributed by atoms with van der Waals surface area (Å²) in [5.74, 6) is 0.734. The Morgan fingerprint density at radius 3 is 2.94 bits per heavy atom. The highest BCUT2D eigenvalue weighted by Gasteiger charge is 2.03. The number of likely N-dealkylation sites (N-methyl/N-ethyl adjacent to an activating group) is 1. The van der Waals surface area contributed by atoms with Gasteiger partial charge >= 0.3 is 0 Å². The van der Waals surface area contributed by atoms with Crippen molar-refractivity contribution >= 4 is 11.1 Å². The maximum absolute atomic E-state index is 5.52. The molecule has 0 aliphatic rings. The van der Waals surface area contributed by atoms with E-state index in [0.717, 1.165) is 36.5 Å². The van der Waals surface area contributed by atoms with Crippen molar-refractivity contribution < 1.29 is 4.42 Å². The van der Waals surface area contributed by atoms with Gasteiger partial charge in [-0.2, -0.15) is 0 Å². The molecule has 0 saturated heterocycles. The molecular formula is C13H18N2O. The number of aryl methyl sites for hydroxylation is 1. The fraction of sp³-hybridized carbons (Fsp3) is 0.462. The second kappa shape index (κ2) is 4.66. The summed E-state index contributed by atoms with van der Waals surface area (Å²) in [5, 5.41) is 0. The van der Waals surface area contributed by atoms with E-state index < -0.39 is 0 Å². The first kappa shape index (κ1) is 11.1. The van der Waals surface area contributed by atoms with E-state index in [2.05, 4.69) is 36.0 Å². The molecule has 0 amide bonds. The van der Waals surface area contributed by atoms with E-state index >= 15 is 0 Å². The summed E-state index contributed by atoms with van der Waals surface area (Å²) in [6, 6.07) is 6.26. The smallest absolute Gasteiger partial charge is 0.192 e. The minimum Gasteiger partial charge on any atom is -0.441 e. The van der Waals surface area contributed by atoms with Crippen molar-refractivity contribution in [2.45, 2.75) is 20.3 Å². The Labute approximate surface area is 96.1 Å². The van der Waals surface area contributed by atoms with Crippen LogP contribution in [-0.2, 0) is 6.42 Å². The highest BCUT2D eigenvalue weighted by atomic mass is 16.3. The molecule has 0 aliphatic carbocycles. The summed E-state index contributed by atoms with van der Waals surface area (Å²) in [6.45, 7) is 6.21. The van der Waals surface area contributed by atoms with Crippen molar-refractivity contribution in [1.82, 2.24) is 9.88 Å². The van der Waals surface area contributed by atoms with E-state index in [0.29, 0.717) is 0 Å². The molecule has 0 bridgehead atoms. The molecule has 0 saturated carbocycles. The van der Waals surface area contributed by atoms with Crippen LogP contribution in [0.2, 0.25) is 0 Å². The molecule has 3 nitrogen and oxygen atoms in total. The fourth-order valence-corrected chi connectivity index (χ4v) is 1.72. The first-order valence-corrected chi connectivity index (χ1v) is 5.73. The van der Waals surface area contributed by atoms with Gasteiger partial charge in [0.05, 0.1) is 0 Å². The molecule has 3 heteroatoms. The van der Waals surface area contributed by atoms with Gasteiger partial charge in [-0.05, 0) is 37.7 Å². The van der Waals surface area contributed by atoms with Crippen LogP contribution in [0.3, 0.4) is 0 Å². The average Bonchev–Trinajstić information content (AvgIpc) is 2.65. The van der Waals surface area contributed by atoms with Gasteiger partial charge in [0.15, 0.2) is 11.5 Å². The van der Waals surface area contributed by atoms with Crippen molar-refractivity contribution in [2.24, 2.45) is 0 Å². The van der Waals surface area contributed by atoms with Crippen molar-refractivity contribution in [3.8, 4) is 0 Å². The molecule has 0 aliphatic heterocycles. The Kier molecular flexibility index (Phi) is 3.25.